The molecule has 30 heavy (non-hydrogen) atoms. The predicted molar refractivity (Wildman–Crippen MR) is 121 cm³/mol. The average molecular weight is 416 g/mol. The van der Waals surface area contributed by atoms with Crippen LogP contribution in [-0.2, 0) is 0 Å². The van der Waals surface area contributed by atoms with Crippen LogP contribution in [0, 0.1) is 13.8 Å². The Hall–Kier alpha value is -3.18. The maximum Gasteiger partial charge on any atom is 0.142 e. The average Bonchev–Trinajstić information content (AvgIpc) is 3.08. The molecule has 4 aromatic rings. The molecule has 1 aliphatic rings. The molecule has 0 bridgehead atoms. The van der Waals surface area contributed by atoms with Gasteiger partial charge >= 0.3 is 0 Å². The van der Waals surface area contributed by atoms with Crippen LogP contribution in [-0.4, -0.2) is 26.3 Å². The van der Waals surface area contributed by atoms with E-state index in [1.807, 2.05) is 38.2 Å². The van der Waals surface area contributed by atoms with E-state index in [0.29, 0.717) is 0 Å². The van der Waals surface area contributed by atoms with Gasteiger partial charge in [-0.3, -0.25) is 9.55 Å². The first-order chi connectivity index (χ1) is 14.5. The van der Waals surface area contributed by atoms with Crippen LogP contribution in [0.5, 0.6) is 0 Å². The molecule has 2 aromatic heterocycles. The maximum atomic E-state index is 6.16. The SMILES string of the molecule is Cc1ccc(-c2ccc3c(c2)N(c2ccc(Cl)cc2)C[C@@H](C)c2nnc(C)n2-3)cn1. The van der Waals surface area contributed by atoms with Crippen molar-refractivity contribution in [2.24, 2.45) is 0 Å². The number of aromatic nitrogens is 4. The molecule has 5 nitrogen and oxygen atoms in total. The highest BCUT2D eigenvalue weighted by Crippen LogP contribution is 2.40. The number of benzene rings is 2. The zero-order chi connectivity index (χ0) is 20.8. The summed E-state index contributed by atoms with van der Waals surface area (Å²) in [7, 11) is 0. The van der Waals surface area contributed by atoms with Crippen LogP contribution < -0.4 is 4.90 Å². The van der Waals surface area contributed by atoms with Crippen molar-refractivity contribution >= 4 is 23.0 Å². The van der Waals surface area contributed by atoms with E-state index in [9.17, 15) is 0 Å². The lowest BCUT2D eigenvalue weighted by molar-refractivity contribution is 0.696. The fraction of sp³-hybridized carbons (Fsp3) is 0.208. The summed E-state index contributed by atoms with van der Waals surface area (Å²) in [5, 5.41) is 9.57. The maximum absolute atomic E-state index is 6.16. The molecule has 0 amide bonds. The number of hydrogen-bond acceptors (Lipinski definition) is 4. The van der Waals surface area contributed by atoms with Crippen molar-refractivity contribution in [1.29, 1.82) is 0 Å². The summed E-state index contributed by atoms with van der Waals surface area (Å²) in [6.07, 6.45) is 1.93. The molecule has 2 aromatic carbocycles. The molecule has 1 atom stereocenters. The van der Waals surface area contributed by atoms with Gasteiger partial charge in [-0.15, -0.1) is 10.2 Å². The Bertz CT molecular complexity index is 1210. The van der Waals surface area contributed by atoms with Gasteiger partial charge in [0.15, 0.2) is 0 Å². The van der Waals surface area contributed by atoms with Gasteiger partial charge in [0.05, 0.1) is 11.4 Å². The summed E-state index contributed by atoms with van der Waals surface area (Å²) in [4.78, 5) is 6.82. The van der Waals surface area contributed by atoms with E-state index in [0.717, 1.165) is 57.1 Å². The molecule has 0 saturated carbocycles. The second-order valence-electron chi connectivity index (χ2n) is 7.82. The number of nitrogens with zero attached hydrogens (tertiary/aromatic N) is 5. The lowest BCUT2D eigenvalue weighted by Crippen LogP contribution is -2.22. The van der Waals surface area contributed by atoms with Crippen molar-refractivity contribution in [3.63, 3.8) is 0 Å². The van der Waals surface area contributed by atoms with Crippen LogP contribution in [0.3, 0.4) is 0 Å². The first-order valence-corrected chi connectivity index (χ1v) is 10.4. The van der Waals surface area contributed by atoms with E-state index >= 15 is 0 Å². The fourth-order valence-electron chi connectivity index (χ4n) is 4.06. The largest absolute Gasteiger partial charge is 0.339 e. The smallest absolute Gasteiger partial charge is 0.142 e. The van der Waals surface area contributed by atoms with Gasteiger partial charge < -0.3 is 4.90 Å². The molecule has 0 fully saturated rings. The van der Waals surface area contributed by atoms with Crippen molar-refractivity contribution in [3.8, 4) is 16.8 Å². The second kappa shape index (κ2) is 7.26. The Kier molecular flexibility index (Phi) is 4.55. The van der Waals surface area contributed by atoms with Crippen LogP contribution in [0.25, 0.3) is 16.8 Å². The van der Waals surface area contributed by atoms with Gasteiger partial charge in [-0.1, -0.05) is 30.7 Å². The first-order valence-electron chi connectivity index (χ1n) is 10.0. The summed E-state index contributed by atoms with van der Waals surface area (Å²) >= 11 is 6.16. The third-order valence-electron chi connectivity index (χ3n) is 5.64. The third-order valence-corrected chi connectivity index (χ3v) is 5.89. The number of anilines is 2. The van der Waals surface area contributed by atoms with Crippen molar-refractivity contribution in [1.82, 2.24) is 19.7 Å². The zero-order valence-electron chi connectivity index (χ0n) is 17.2. The minimum absolute atomic E-state index is 0.207. The number of aryl methyl sites for hydroxylation is 2. The Morgan fingerprint density at radius 1 is 0.900 bits per heavy atom. The monoisotopic (exact) mass is 415 g/mol. The quantitative estimate of drug-likeness (QED) is 0.411. The molecule has 1 aliphatic heterocycles. The Labute approximate surface area is 181 Å². The molecule has 0 radical (unpaired) electrons. The van der Waals surface area contributed by atoms with E-state index in [2.05, 4.69) is 68.0 Å². The predicted octanol–water partition coefficient (Wildman–Crippen LogP) is 5.85. The third kappa shape index (κ3) is 3.15. The molecule has 150 valence electrons. The zero-order valence-corrected chi connectivity index (χ0v) is 17.9. The first kappa shape index (κ1) is 18.8. The summed E-state index contributed by atoms with van der Waals surface area (Å²) in [6.45, 7) is 6.99. The highest BCUT2D eigenvalue weighted by molar-refractivity contribution is 6.30. The summed E-state index contributed by atoms with van der Waals surface area (Å²) in [5.41, 5.74) is 6.52. The van der Waals surface area contributed by atoms with Gasteiger partial charge in [0.1, 0.15) is 11.6 Å². The Balaban J connectivity index is 1.73. The topological polar surface area (TPSA) is 46.8 Å². The summed E-state index contributed by atoms with van der Waals surface area (Å²) < 4.78 is 2.17. The molecular formula is C24H22ClN5. The summed E-state index contributed by atoms with van der Waals surface area (Å²) in [6, 6.07) is 18.7. The van der Waals surface area contributed by atoms with E-state index in [1.54, 1.807) is 0 Å². The molecule has 6 heteroatoms. The number of rotatable bonds is 2. The number of fused-ring (bicyclic) bond motifs is 3. The van der Waals surface area contributed by atoms with Gasteiger partial charge in [-0.2, -0.15) is 0 Å². The standard InChI is InChI=1S/C24H22ClN5/c1-15-14-29(21-9-7-20(25)8-10-21)23-12-18(19-5-4-16(2)26-13-19)6-11-22(23)30-17(3)27-28-24(15)30/h4-13,15H,14H2,1-3H3/t15-/m1/s1. The van der Waals surface area contributed by atoms with E-state index in [-0.39, 0.29) is 5.92 Å². The molecule has 0 N–H and O–H groups in total. The minimum Gasteiger partial charge on any atom is -0.339 e. The molecular weight excluding hydrogens is 394 g/mol. The van der Waals surface area contributed by atoms with Crippen LogP contribution in [0.15, 0.2) is 60.8 Å². The normalized spacial score (nSPS) is 15.5. The van der Waals surface area contributed by atoms with E-state index in [4.69, 9.17) is 11.6 Å². The highest BCUT2D eigenvalue weighted by Gasteiger charge is 2.28. The van der Waals surface area contributed by atoms with Gasteiger partial charge in [-0.05, 0) is 61.9 Å². The van der Waals surface area contributed by atoms with Crippen LogP contribution in [0.1, 0.15) is 30.2 Å². The van der Waals surface area contributed by atoms with Gasteiger partial charge in [0.25, 0.3) is 0 Å². The van der Waals surface area contributed by atoms with E-state index in [1.165, 1.54) is 0 Å². The molecule has 0 unspecified atom stereocenters. The second-order valence-corrected chi connectivity index (χ2v) is 8.26. The number of hydrogen-bond donors (Lipinski definition) is 0. The molecule has 5 rings (SSSR count). The molecule has 0 saturated heterocycles. The Morgan fingerprint density at radius 2 is 1.67 bits per heavy atom. The summed E-state index contributed by atoms with van der Waals surface area (Å²) in [5.74, 6) is 2.08. The van der Waals surface area contributed by atoms with Crippen LogP contribution in [0.4, 0.5) is 11.4 Å². The van der Waals surface area contributed by atoms with Crippen LogP contribution in [0.2, 0.25) is 5.02 Å². The molecule has 0 aliphatic carbocycles. The fourth-order valence-corrected chi connectivity index (χ4v) is 4.19. The van der Waals surface area contributed by atoms with Crippen molar-refractivity contribution in [3.05, 3.63) is 83.2 Å². The lowest BCUT2D eigenvalue weighted by Gasteiger charge is -2.27. The molecule has 3 heterocycles. The molecule has 0 spiro atoms. The minimum atomic E-state index is 0.207. The number of halogens is 1. The van der Waals surface area contributed by atoms with Crippen LogP contribution >= 0.6 is 11.6 Å². The Morgan fingerprint density at radius 3 is 2.40 bits per heavy atom. The van der Waals surface area contributed by atoms with Crippen molar-refractivity contribution < 1.29 is 0 Å². The van der Waals surface area contributed by atoms with Crippen molar-refractivity contribution in [2.75, 3.05) is 11.4 Å². The highest BCUT2D eigenvalue weighted by atomic mass is 35.5. The van der Waals surface area contributed by atoms with Gasteiger partial charge in [0.2, 0.25) is 0 Å². The number of pyridine rings is 1. The van der Waals surface area contributed by atoms with Gasteiger partial charge in [-0.25, -0.2) is 0 Å². The van der Waals surface area contributed by atoms with E-state index < -0.39 is 0 Å². The van der Waals surface area contributed by atoms with Crippen molar-refractivity contribution in [2.45, 2.75) is 26.7 Å². The van der Waals surface area contributed by atoms with Gasteiger partial charge in [0, 0.05) is 40.6 Å². The lowest BCUT2D eigenvalue weighted by atomic mass is 10.0.